The number of carbonyl (C=O) groups excluding carboxylic acids is 1. The van der Waals surface area contributed by atoms with Crippen molar-refractivity contribution in [1.29, 1.82) is 0 Å². The number of aromatic nitrogens is 2. The lowest BCUT2D eigenvalue weighted by atomic mass is 9.80. The molecular formula is C53H48F2N4O3. The van der Waals surface area contributed by atoms with Crippen LogP contribution in [0.2, 0.25) is 0 Å². The molecule has 2 aliphatic heterocycles. The molecule has 2 spiro atoms. The van der Waals surface area contributed by atoms with Crippen molar-refractivity contribution in [3.05, 3.63) is 166 Å². The number of aliphatic hydroxyl groups excluding tert-OH is 2. The molecule has 4 heterocycles. The van der Waals surface area contributed by atoms with E-state index >= 15 is 8.78 Å². The molecule has 7 nitrogen and oxygen atoms in total. The van der Waals surface area contributed by atoms with Crippen LogP contribution < -0.4 is 9.80 Å². The first-order valence-electron chi connectivity index (χ1n) is 22.4. The molecule has 2 N–H and O–H groups in total. The number of fused-ring (bicyclic) bond motifs is 4. The molecule has 312 valence electrons. The van der Waals surface area contributed by atoms with Gasteiger partial charge in [-0.05, 0) is 131 Å². The average molecular weight is 827 g/mol. The summed E-state index contributed by atoms with van der Waals surface area (Å²) in [6.07, 6.45) is 8.16. The molecule has 2 saturated heterocycles. The topological polar surface area (TPSA) is 89.8 Å². The minimum Gasteiger partial charge on any atom is -0.388 e. The highest BCUT2D eigenvalue weighted by atomic mass is 19.1. The molecule has 6 aromatic rings. The monoisotopic (exact) mass is 826 g/mol. The van der Waals surface area contributed by atoms with Gasteiger partial charge in [0.1, 0.15) is 23.0 Å². The Hall–Kier alpha value is -5.77. The van der Waals surface area contributed by atoms with Crippen LogP contribution in [0.15, 0.2) is 109 Å². The van der Waals surface area contributed by atoms with E-state index in [0.717, 1.165) is 58.6 Å². The second kappa shape index (κ2) is 14.1. The van der Waals surface area contributed by atoms with E-state index in [1.807, 2.05) is 9.80 Å². The van der Waals surface area contributed by atoms with E-state index in [4.69, 9.17) is 0 Å². The van der Waals surface area contributed by atoms with Crippen LogP contribution in [0.4, 0.5) is 20.2 Å². The van der Waals surface area contributed by atoms with Crippen LogP contribution in [0, 0.1) is 11.6 Å². The smallest absolute Gasteiger partial charge is 0.233 e. The van der Waals surface area contributed by atoms with Gasteiger partial charge in [0.15, 0.2) is 0 Å². The van der Waals surface area contributed by atoms with Crippen molar-refractivity contribution in [1.82, 2.24) is 9.97 Å². The maximum absolute atomic E-state index is 15.2. The Labute approximate surface area is 360 Å². The lowest BCUT2D eigenvalue weighted by Gasteiger charge is -2.28. The van der Waals surface area contributed by atoms with Gasteiger partial charge in [-0.25, -0.2) is 18.7 Å². The molecule has 9 heteroatoms. The van der Waals surface area contributed by atoms with Gasteiger partial charge in [0.05, 0.1) is 36.0 Å². The van der Waals surface area contributed by atoms with Gasteiger partial charge in [-0.3, -0.25) is 4.79 Å². The molecule has 4 atom stereocenters. The summed E-state index contributed by atoms with van der Waals surface area (Å²) in [4.78, 5) is 27.6. The largest absolute Gasteiger partial charge is 0.388 e. The van der Waals surface area contributed by atoms with Crippen molar-refractivity contribution in [2.45, 2.75) is 86.2 Å². The molecule has 4 aromatic carbocycles. The fraction of sp³-hybridized carbons (Fsp3) is 0.340. The van der Waals surface area contributed by atoms with Gasteiger partial charge in [-0.15, -0.1) is 0 Å². The number of hydrogen-bond donors (Lipinski definition) is 2. The maximum atomic E-state index is 15.2. The molecular weight excluding hydrogens is 779 g/mol. The van der Waals surface area contributed by atoms with E-state index in [0.29, 0.717) is 62.2 Å². The minimum atomic E-state index is -0.640. The molecule has 4 fully saturated rings. The van der Waals surface area contributed by atoms with Crippen molar-refractivity contribution in [2.24, 2.45) is 0 Å². The van der Waals surface area contributed by atoms with Crippen LogP contribution in [0.3, 0.4) is 0 Å². The number of carbonyl (C=O) groups is 1. The van der Waals surface area contributed by atoms with Gasteiger partial charge >= 0.3 is 0 Å². The van der Waals surface area contributed by atoms with Crippen LogP contribution in [-0.2, 0) is 10.8 Å². The van der Waals surface area contributed by atoms with Gasteiger partial charge in [-0.2, -0.15) is 0 Å². The zero-order valence-corrected chi connectivity index (χ0v) is 34.5. The molecule has 2 aromatic heterocycles. The van der Waals surface area contributed by atoms with Crippen molar-refractivity contribution in [3.63, 3.8) is 0 Å². The van der Waals surface area contributed by atoms with Gasteiger partial charge in [0.25, 0.3) is 0 Å². The molecule has 0 unspecified atom stereocenters. The molecule has 4 aliphatic carbocycles. The third kappa shape index (κ3) is 6.14. The van der Waals surface area contributed by atoms with Crippen molar-refractivity contribution < 1.29 is 23.8 Å². The first-order valence-corrected chi connectivity index (χ1v) is 22.4. The van der Waals surface area contributed by atoms with Crippen molar-refractivity contribution >= 4 is 17.2 Å². The number of hydrogen-bond acceptors (Lipinski definition) is 7. The summed E-state index contributed by atoms with van der Waals surface area (Å²) in [5, 5.41) is 23.1. The third-order valence-corrected chi connectivity index (χ3v) is 15.2. The fourth-order valence-corrected chi connectivity index (χ4v) is 11.9. The quantitative estimate of drug-likeness (QED) is 0.148. The van der Waals surface area contributed by atoms with Crippen molar-refractivity contribution in [2.75, 3.05) is 36.0 Å². The molecule has 0 amide bonds. The highest BCUT2D eigenvalue weighted by Gasteiger charge is 2.50. The number of rotatable bonds is 8. The summed E-state index contributed by atoms with van der Waals surface area (Å²) in [5.41, 5.74) is 11.5. The third-order valence-electron chi connectivity index (χ3n) is 15.2. The summed E-state index contributed by atoms with van der Waals surface area (Å²) in [6.45, 7) is 2.04. The Balaban J connectivity index is 0.830. The highest BCUT2D eigenvalue weighted by molar-refractivity contribution is 6.13. The molecule has 62 heavy (non-hydrogen) atoms. The molecule has 12 rings (SSSR count). The van der Waals surface area contributed by atoms with Crippen LogP contribution in [0.1, 0.15) is 125 Å². The van der Waals surface area contributed by atoms with E-state index in [9.17, 15) is 15.0 Å². The average Bonchev–Trinajstić information content (AvgIpc) is 4.21. The predicted molar refractivity (Wildman–Crippen MR) is 236 cm³/mol. The summed E-state index contributed by atoms with van der Waals surface area (Å²) in [5.74, 6) is -0.438. The zero-order chi connectivity index (χ0) is 41.9. The van der Waals surface area contributed by atoms with E-state index in [2.05, 4.69) is 94.9 Å². The van der Waals surface area contributed by atoms with Crippen molar-refractivity contribution in [3.8, 4) is 22.3 Å². The number of benzene rings is 4. The second-order valence-electron chi connectivity index (χ2n) is 19.0. The highest BCUT2D eigenvalue weighted by Crippen LogP contribution is 2.55. The summed E-state index contributed by atoms with van der Waals surface area (Å²) in [6, 6.07) is 32.8. The van der Waals surface area contributed by atoms with Gasteiger partial charge in [-0.1, -0.05) is 72.8 Å². The van der Waals surface area contributed by atoms with Gasteiger partial charge in [0.2, 0.25) is 5.78 Å². The number of nitrogens with zero attached hydrogens (tertiary/aromatic N) is 4. The van der Waals surface area contributed by atoms with Crippen LogP contribution in [0.25, 0.3) is 22.3 Å². The lowest BCUT2D eigenvalue weighted by Crippen LogP contribution is -2.31. The minimum absolute atomic E-state index is 0.0594. The first kappa shape index (κ1) is 37.9. The number of anilines is 2. The van der Waals surface area contributed by atoms with Crippen LogP contribution >= 0.6 is 0 Å². The first-order chi connectivity index (χ1) is 30.2. The Morgan fingerprint density at radius 1 is 0.581 bits per heavy atom. The second-order valence-corrected chi connectivity index (χ2v) is 19.0. The van der Waals surface area contributed by atoms with Crippen LogP contribution in [0.5, 0.6) is 0 Å². The number of halogens is 2. The number of ketones is 1. The van der Waals surface area contributed by atoms with E-state index < -0.39 is 29.6 Å². The number of pyridine rings is 2. The van der Waals surface area contributed by atoms with Gasteiger partial charge < -0.3 is 20.0 Å². The molecule has 6 aliphatic rings. The predicted octanol–water partition coefficient (Wildman–Crippen LogP) is 10.2. The molecule has 0 bridgehead atoms. The Morgan fingerprint density at radius 3 is 1.45 bits per heavy atom. The maximum Gasteiger partial charge on any atom is 0.233 e. The summed E-state index contributed by atoms with van der Waals surface area (Å²) in [7, 11) is 0. The summed E-state index contributed by atoms with van der Waals surface area (Å²) >= 11 is 0. The number of aliphatic hydroxyl groups is 2. The Bertz CT molecular complexity index is 2630. The standard InChI is InChI=1S/C53H48F2N4O3/c54-35-23-45(58-19-17-52(29-58)25-47(60)41-21-33(13-15-43(41)52)39-7-3-1-5-37(39)31-9-10-31)49(56-27-35)51(62)50-46(24-36(55)28-57-50)59-20-18-53(30-59)26-48(61)42-22-34(14-16-44(42)53)40-8-4-2-6-38(40)32-11-12-32/h1-8,13-16,21-24,27-28,31-32,47-48,60-61H,9-12,17-20,25-26,29-30H2/t47-,48-,52+,53+/m0/s1. The van der Waals surface area contributed by atoms with E-state index in [-0.39, 0.29) is 22.2 Å². The fourth-order valence-electron chi connectivity index (χ4n) is 11.9. The molecule has 2 saturated carbocycles. The summed E-state index contributed by atoms with van der Waals surface area (Å²) < 4.78 is 30.4. The van der Waals surface area contributed by atoms with E-state index in [1.54, 1.807) is 0 Å². The molecule has 0 radical (unpaired) electrons. The Morgan fingerprint density at radius 2 is 1.02 bits per heavy atom. The van der Waals surface area contributed by atoms with Gasteiger partial charge in [0, 0.05) is 49.1 Å². The SMILES string of the molecule is O=C(c1ncc(F)cc1N1CC[C@@]2(C[C@H](O)c3cc(-c4ccccc4C4CC4)ccc32)C1)c1ncc(F)cc1N1CC[C@@]2(C[C@H](O)c3cc(-c4ccccc4C4CC4)ccc32)C1. The normalized spacial score (nSPS) is 25.0. The Kier molecular flexibility index (Phi) is 8.65. The zero-order valence-electron chi connectivity index (χ0n) is 34.5. The lowest BCUT2D eigenvalue weighted by molar-refractivity contribution is 0.103. The van der Waals surface area contributed by atoms with Crippen LogP contribution in [-0.4, -0.2) is 52.1 Å². The van der Waals surface area contributed by atoms with E-state index in [1.165, 1.54) is 60.1 Å².